The lowest BCUT2D eigenvalue weighted by molar-refractivity contribution is 0.415. The van der Waals surface area contributed by atoms with Crippen molar-refractivity contribution in [2.45, 2.75) is 20.3 Å². The third kappa shape index (κ3) is 3.02. The monoisotopic (exact) mass is 253 g/mol. The maximum atomic E-state index is 5.19. The van der Waals surface area contributed by atoms with E-state index < -0.39 is 0 Å². The smallest absolute Gasteiger partial charge is 0.118 e. The summed E-state index contributed by atoms with van der Waals surface area (Å²) in [5.74, 6) is 0.882. The Hall–Kier alpha value is -2.09. The van der Waals surface area contributed by atoms with Crippen molar-refractivity contribution in [3.05, 3.63) is 59.9 Å². The highest BCUT2D eigenvalue weighted by Gasteiger charge is 2.07. The van der Waals surface area contributed by atoms with Gasteiger partial charge < -0.3 is 4.74 Å². The van der Waals surface area contributed by atoms with E-state index in [4.69, 9.17) is 4.74 Å². The van der Waals surface area contributed by atoms with E-state index in [1.807, 2.05) is 30.5 Å². The van der Waals surface area contributed by atoms with Crippen molar-refractivity contribution in [1.82, 2.24) is 4.98 Å². The molecule has 0 saturated heterocycles. The minimum atomic E-state index is 0.882. The first-order valence-electron chi connectivity index (χ1n) is 6.51. The van der Waals surface area contributed by atoms with Gasteiger partial charge in [0.1, 0.15) is 5.75 Å². The number of hydrogen-bond acceptors (Lipinski definition) is 2. The number of hydrogen-bond donors (Lipinski definition) is 0. The van der Waals surface area contributed by atoms with Gasteiger partial charge in [0.25, 0.3) is 0 Å². The van der Waals surface area contributed by atoms with Crippen molar-refractivity contribution in [3.63, 3.8) is 0 Å². The highest BCUT2D eigenvalue weighted by Crippen LogP contribution is 2.28. The minimum Gasteiger partial charge on any atom is -0.497 e. The summed E-state index contributed by atoms with van der Waals surface area (Å²) < 4.78 is 5.19. The van der Waals surface area contributed by atoms with Gasteiger partial charge in [0, 0.05) is 6.20 Å². The van der Waals surface area contributed by atoms with Crippen LogP contribution in [0.1, 0.15) is 31.5 Å². The minimum absolute atomic E-state index is 0.882. The summed E-state index contributed by atoms with van der Waals surface area (Å²) >= 11 is 0. The molecule has 1 heterocycles. The van der Waals surface area contributed by atoms with Crippen LogP contribution in [0.3, 0.4) is 0 Å². The van der Waals surface area contributed by atoms with Crippen LogP contribution in [-0.4, -0.2) is 12.1 Å². The number of rotatable bonds is 4. The molecule has 2 aromatic rings. The van der Waals surface area contributed by atoms with Gasteiger partial charge in [-0.3, -0.25) is 4.98 Å². The molecule has 0 N–H and O–H groups in total. The second-order valence-electron chi connectivity index (χ2n) is 4.40. The van der Waals surface area contributed by atoms with E-state index in [0.29, 0.717) is 0 Å². The molecule has 19 heavy (non-hydrogen) atoms. The Morgan fingerprint density at radius 2 is 1.84 bits per heavy atom. The lowest BCUT2D eigenvalue weighted by Crippen LogP contribution is -1.92. The Labute approximate surface area is 114 Å². The van der Waals surface area contributed by atoms with Gasteiger partial charge >= 0.3 is 0 Å². The van der Waals surface area contributed by atoms with E-state index in [9.17, 15) is 0 Å². The molecule has 0 aliphatic heterocycles. The molecule has 0 bridgehead atoms. The van der Waals surface area contributed by atoms with E-state index in [-0.39, 0.29) is 0 Å². The molecule has 0 spiro atoms. The summed E-state index contributed by atoms with van der Waals surface area (Å²) in [7, 11) is 1.68. The lowest BCUT2D eigenvalue weighted by Gasteiger charge is -2.11. The van der Waals surface area contributed by atoms with Crippen LogP contribution >= 0.6 is 0 Å². The van der Waals surface area contributed by atoms with Gasteiger partial charge in [-0.05, 0) is 54.3 Å². The molecule has 0 fully saturated rings. The van der Waals surface area contributed by atoms with E-state index in [2.05, 4.69) is 37.0 Å². The Morgan fingerprint density at radius 3 is 2.37 bits per heavy atom. The zero-order chi connectivity index (χ0) is 13.7. The molecule has 1 aromatic heterocycles. The fourth-order valence-corrected chi connectivity index (χ4v) is 2.19. The first kappa shape index (κ1) is 13.3. The largest absolute Gasteiger partial charge is 0.497 e. The Bertz CT molecular complexity index is 556. The fraction of sp³-hybridized carbons (Fsp3) is 0.235. The van der Waals surface area contributed by atoms with Gasteiger partial charge in [0.05, 0.1) is 12.8 Å². The highest BCUT2D eigenvalue weighted by molar-refractivity contribution is 5.88. The third-order valence-corrected chi connectivity index (χ3v) is 3.30. The third-order valence-electron chi connectivity index (χ3n) is 3.30. The number of ether oxygens (including phenoxy) is 1. The number of methoxy groups -OCH3 is 1. The molecule has 0 radical (unpaired) electrons. The number of benzene rings is 1. The van der Waals surface area contributed by atoms with Crippen LogP contribution in [0.25, 0.3) is 11.1 Å². The number of aromatic nitrogens is 1. The molecule has 0 unspecified atom stereocenters. The Kier molecular flexibility index (Phi) is 4.35. The molecule has 1 aromatic carbocycles. The predicted molar refractivity (Wildman–Crippen MR) is 80.0 cm³/mol. The number of nitrogens with zero attached hydrogens (tertiary/aromatic N) is 1. The summed E-state index contributed by atoms with van der Waals surface area (Å²) in [5.41, 5.74) is 4.82. The van der Waals surface area contributed by atoms with Crippen molar-refractivity contribution in [2.75, 3.05) is 7.11 Å². The van der Waals surface area contributed by atoms with Gasteiger partial charge in [-0.2, -0.15) is 0 Å². The van der Waals surface area contributed by atoms with Crippen molar-refractivity contribution in [1.29, 1.82) is 0 Å². The Balaban J connectivity index is 2.42. The van der Waals surface area contributed by atoms with Crippen LogP contribution in [0.2, 0.25) is 0 Å². The second-order valence-corrected chi connectivity index (χ2v) is 4.40. The molecular formula is C17H19NO. The zero-order valence-electron chi connectivity index (χ0n) is 11.7. The topological polar surface area (TPSA) is 22.1 Å². The van der Waals surface area contributed by atoms with Gasteiger partial charge in [-0.25, -0.2) is 0 Å². The molecule has 2 rings (SSSR count). The second kappa shape index (κ2) is 6.19. The first-order valence-corrected chi connectivity index (χ1v) is 6.51. The zero-order valence-corrected chi connectivity index (χ0v) is 11.7. The summed E-state index contributed by atoms with van der Waals surface area (Å²) in [5, 5.41) is 0. The van der Waals surface area contributed by atoms with Crippen molar-refractivity contribution in [3.8, 4) is 5.75 Å². The summed E-state index contributed by atoms with van der Waals surface area (Å²) in [4.78, 5) is 4.45. The van der Waals surface area contributed by atoms with Crippen LogP contribution in [0.15, 0.2) is 48.7 Å². The van der Waals surface area contributed by atoms with Crippen molar-refractivity contribution >= 4 is 11.1 Å². The average Bonchev–Trinajstić information content (AvgIpc) is 2.49. The normalized spacial score (nSPS) is 11.9. The van der Waals surface area contributed by atoms with Crippen molar-refractivity contribution in [2.24, 2.45) is 0 Å². The molecule has 0 aliphatic carbocycles. The molecule has 0 saturated carbocycles. The summed E-state index contributed by atoms with van der Waals surface area (Å²) in [6.07, 6.45) is 2.81. The fourth-order valence-electron chi connectivity index (χ4n) is 2.19. The highest BCUT2D eigenvalue weighted by atomic mass is 16.5. The van der Waals surface area contributed by atoms with Gasteiger partial charge in [0.15, 0.2) is 0 Å². The average molecular weight is 253 g/mol. The maximum absolute atomic E-state index is 5.19. The van der Waals surface area contributed by atoms with Gasteiger partial charge in [-0.1, -0.05) is 25.1 Å². The molecule has 2 heteroatoms. The van der Waals surface area contributed by atoms with E-state index in [1.165, 1.54) is 16.7 Å². The molecule has 0 aliphatic rings. The van der Waals surface area contributed by atoms with Gasteiger partial charge in [-0.15, -0.1) is 0 Å². The van der Waals surface area contributed by atoms with E-state index in [1.54, 1.807) is 7.11 Å². The molecular weight excluding hydrogens is 234 g/mol. The van der Waals surface area contributed by atoms with Crippen LogP contribution in [0, 0.1) is 0 Å². The van der Waals surface area contributed by atoms with Gasteiger partial charge in [0.2, 0.25) is 0 Å². The van der Waals surface area contributed by atoms with Crippen LogP contribution in [-0.2, 0) is 0 Å². The number of allylic oxidation sites excluding steroid dienone is 2. The van der Waals surface area contributed by atoms with Crippen molar-refractivity contribution < 1.29 is 4.74 Å². The van der Waals surface area contributed by atoms with E-state index in [0.717, 1.165) is 17.9 Å². The Morgan fingerprint density at radius 1 is 1.11 bits per heavy atom. The van der Waals surface area contributed by atoms with Crippen LogP contribution in [0.5, 0.6) is 5.75 Å². The molecule has 98 valence electrons. The van der Waals surface area contributed by atoms with Crippen LogP contribution in [0.4, 0.5) is 0 Å². The van der Waals surface area contributed by atoms with E-state index >= 15 is 0 Å². The van der Waals surface area contributed by atoms with Crippen LogP contribution < -0.4 is 4.74 Å². The predicted octanol–water partition coefficient (Wildman–Crippen LogP) is 4.43. The SMILES string of the molecule is CC/C(=C(\C)c1ccc(OC)cc1)c1ccccn1. The molecule has 0 atom stereocenters. The quantitative estimate of drug-likeness (QED) is 0.804. The number of pyridine rings is 1. The first-order chi connectivity index (χ1) is 9.26. The molecule has 2 nitrogen and oxygen atoms in total. The maximum Gasteiger partial charge on any atom is 0.118 e. The summed E-state index contributed by atoms with van der Waals surface area (Å²) in [6, 6.07) is 14.2. The molecule has 0 amide bonds. The standard InChI is InChI=1S/C17H19NO/c1-4-16(17-7-5-6-12-18-17)13(2)14-8-10-15(19-3)11-9-14/h5-12H,4H2,1-3H3/b16-13-. The summed E-state index contributed by atoms with van der Waals surface area (Å²) in [6.45, 7) is 4.31. The lowest BCUT2D eigenvalue weighted by atomic mass is 9.97.